The van der Waals surface area contributed by atoms with Gasteiger partial charge in [0.05, 0.1) is 0 Å². The molecule has 0 aliphatic rings. The summed E-state index contributed by atoms with van der Waals surface area (Å²) < 4.78 is 0. The van der Waals surface area contributed by atoms with E-state index in [4.69, 9.17) is 0 Å². The number of carbonyl (C=O) groups excluding carboxylic acids is 3. The highest BCUT2D eigenvalue weighted by Gasteiger charge is 1.91. The maximum absolute atomic E-state index is 10.2. The molecule has 0 aliphatic carbocycles. The van der Waals surface area contributed by atoms with E-state index in [0.717, 1.165) is 6.29 Å². The zero-order valence-corrected chi connectivity index (χ0v) is 6.16. The number of rotatable bonds is 6. The third-order valence-electron chi connectivity index (χ3n) is 1.16. The van der Waals surface area contributed by atoms with E-state index in [1.165, 1.54) is 0 Å². The average molecular weight is 154 g/mol. The zero-order valence-electron chi connectivity index (χ0n) is 6.16. The third kappa shape index (κ3) is 5.21. The van der Waals surface area contributed by atoms with Crippen LogP contribution in [0.15, 0.2) is 11.6 Å². The first-order valence-electron chi connectivity index (χ1n) is 3.36. The molecule has 3 nitrogen and oxygen atoms in total. The van der Waals surface area contributed by atoms with Crippen LogP contribution in [0.2, 0.25) is 0 Å². The molecule has 0 heterocycles. The van der Waals surface area contributed by atoms with Gasteiger partial charge in [0, 0.05) is 12.8 Å². The van der Waals surface area contributed by atoms with Crippen molar-refractivity contribution in [2.45, 2.75) is 19.3 Å². The molecular weight excluding hydrogens is 144 g/mol. The summed E-state index contributed by atoms with van der Waals surface area (Å²) in [5, 5.41) is 0. The highest BCUT2D eigenvalue weighted by molar-refractivity contribution is 5.78. The van der Waals surface area contributed by atoms with Crippen molar-refractivity contribution in [2.75, 3.05) is 0 Å². The molecule has 0 aromatic rings. The van der Waals surface area contributed by atoms with Gasteiger partial charge in [0.15, 0.2) is 0 Å². The van der Waals surface area contributed by atoms with Crippen molar-refractivity contribution < 1.29 is 14.4 Å². The Morgan fingerprint density at radius 3 is 2.18 bits per heavy atom. The lowest BCUT2D eigenvalue weighted by molar-refractivity contribution is -0.109. The fourth-order valence-corrected chi connectivity index (χ4v) is 0.613. The minimum atomic E-state index is 0.141. The lowest BCUT2D eigenvalue weighted by atomic mass is 10.2. The Kier molecular flexibility index (Phi) is 6.08. The van der Waals surface area contributed by atoms with E-state index in [0.29, 0.717) is 31.0 Å². The second kappa shape index (κ2) is 6.86. The topological polar surface area (TPSA) is 51.2 Å². The molecule has 0 fully saturated rings. The van der Waals surface area contributed by atoms with E-state index >= 15 is 0 Å². The lowest BCUT2D eigenvalue weighted by Crippen LogP contribution is -1.86. The van der Waals surface area contributed by atoms with E-state index in [-0.39, 0.29) is 6.42 Å². The number of allylic oxidation sites excluding steroid dienone is 2. The number of carbonyl (C=O) groups is 3. The van der Waals surface area contributed by atoms with Crippen molar-refractivity contribution in [1.29, 1.82) is 0 Å². The Balaban J connectivity index is 3.78. The Morgan fingerprint density at radius 2 is 1.73 bits per heavy atom. The third-order valence-corrected chi connectivity index (χ3v) is 1.16. The van der Waals surface area contributed by atoms with E-state index in [1.807, 2.05) is 0 Å². The monoisotopic (exact) mass is 154 g/mol. The summed E-state index contributed by atoms with van der Waals surface area (Å²) in [6.45, 7) is 0. The molecular formula is C8H10O3. The summed E-state index contributed by atoms with van der Waals surface area (Å²) in [5.74, 6) is 0. The number of aldehydes is 3. The molecule has 0 unspecified atom stereocenters. The van der Waals surface area contributed by atoms with Crippen molar-refractivity contribution in [3.63, 3.8) is 0 Å². The number of hydrogen-bond acceptors (Lipinski definition) is 3. The lowest BCUT2D eigenvalue weighted by Gasteiger charge is -1.89. The van der Waals surface area contributed by atoms with Gasteiger partial charge < -0.3 is 9.59 Å². The van der Waals surface area contributed by atoms with Crippen LogP contribution in [-0.2, 0) is 14.4 Å². The van der Waals surface area contributed by atoms with E-state index in [2.05, 4.69) is 0 Å². The van der Waals surface area contributed by atoms with Gasteiger partial charge in [-0.25, -0.2) is 0 Å². The summed E-state index contributed by atoms with van der Waals surface area (Å²) in [6.07, 6.45) is 4.76. The standard InChI is InChI=1S/C8H10O3/c9-5-2-1-3-8(7-11)4-6-10/h3,5-7H,1-2,4H2/b8-3-. The largest absolute Gasteiger partial charge is 0.303 e. The average Bonchev–Trinajstić information content (AvgIpc) is 2.03. The molecule has 0 amide bonds. The predicted octanol–water partition coefficient (Wildman–Crippen LogP) is 0.680. The highest BCUT2D eigenvalue weighted by Crippen LogP contribution is 1.98. The van der Waals surface area contributed by atoms with E-state index in [1.54, 1.807) is 6.08 Å². The highest BCUT2D eigenvalue weighted by atomic mass is 16.1. The van der Waals surface area contributed by atoms with Crippen LogP contribution in [-0.4, -0.2) is 18.9 Å². The molecule has 0 atom stereocenters. The van der Waals surface area contributed by atoms with Crippen molar-refractivity contribution in [3.05, 3.63) is 11.6 Å². The zero-order chi connectivity index (χ0) is 8.53. The predicted molar refractivity (Wildman–Crippen MR) is 40.1 cm³/mol. The molecule has 0 saturated heterocycles. The summed E-state index contributed by atoms with van der Waals surface area (Å²) in [5.41, 5.74) is 0.446. The molecule has 11 heavy (non-hydrogen) atoms. The van der Waals surface area contributed by atoms with Crippen LogP contribution in [0, 0.1) is 0 Å². The Labute approximate surface area is 65.1 Å². The van der Waals surface area contributed by atoms with Crippen LogP contribution < -0.4 is 0 Å². The molecule has 60 valence electrons. The van der Waals surface area contributed by atoms with Crippen LogP contribution in [0.3, 0.4) is 0 Å². The van der Waals surface area contributed by atoms with Crippen molar-refractivity contribution in [2.24, 2.45) is 0 Å². The fourth-order valence-electron chi connectivity index (χ4n) is 0.613. The van der Waals surface area contributed by atoms with Gasteiger partial charge in [0.2, 0.25) is 0 Å². The van der Waals surface area contributed by atoms with Crippen LogP contribution in [0.25, 0.3) is 0 Å². The minimum absolute atomic E-state index is 0.141. The van der Waals surface area contributed by atoms with E-state index in [9.17, 15) is 14.4 Å². The van der Waals surface area contributed by atoms with Crippen molar-refractivity contribution in [1.82, 2.24) is 0 Å². The first kappa shape index (κ1) is 9.75. The molecule has 0 spiro atoms. The Hall–Kier alpha value is -1.25. The summed E-state index contributed by atoms with van der Waals surface area (Å²) in [4.78, 5) is 30.0. The van der Waals surface area contributed by atoms with Gasteiger partial charge in [-0.15, -0.1) is 0 Å². The van der Waals surface area contributed by atoms with Gasteiger partial charge in [0.1, 0.15) is 18.9 Å². The van der Waals surface area contributed by atoms with Gasteiger partial charge in [-0.1, -0.05) is 6.08 Å². The summed E-state index contributed by atoms with van der Waals surface area (Å²) >= 11 is 0. The molecule has 0 aromatic heterocycles. The maximum atomic E-state index is 10.2. The smallest absolute Gasteiger partial charge is 0.146 e. The maximum Gasteiger partial charge on any atom is 0.146 e. The quantitative estimate of drug-likeness (QED) is 0.321. The number of hydrogen-bond donors (Lipinski definition) is 0. The SMILES string of the molecule is O=CCC/C=C(\C=O)CC=O. The van der Waals surface area contributed by atoms with Gasteiger partial charge in [-0.05, 0) is 12.0 Å². The van der Waals surface area contributed by atoms with Gasteiger partial charge >= 0.3 is 0 Å². The minimum Gasteiger partial charge on any atom is -0.303 e. The van der Waals surface area contributed by atoms with Crippen molar-refractivity contribution in [3.8, 4) is 0 Å². The van der Waals surface area contributed by atoms with Gasteiger partial charge in [0.25, 0.3) is 0 Å². The molecule has 3 heteroatoms. The molecule has 0 aliphatic heterocycles. The molecule has 0 saturated carbocycles. The molecule has 0 N–H and O–H groups in total. The van der Waals surface area contributed by atoms with Crippen molar-refractivity contribution >= 4 is 18.9 Å². The second-order valence-electron chi connectivity index (χ2n) is 2.01. The van der Waals surface area contributed by atoms with Gasteiger partial charge in [-0.3, -0.25) is 4.79 Å². The first-order chi connectivity index (χ1) is 5.35. The Morgan fingerprint density at radius 1 is 1.00 bits per heavy atom. The first-order valence-corrected chi connectivity index (χ1v) is 3.36. The van der Waals surface area contributed by atoms with Crippen LogP contribution in [0.4, 0.5) is 0 Å². The molecule has 0 aromatic carbocycles. The molecule has 0 rings (SSSR count). The van der Waals surface area contributed by atoms with Crippen LogP contribution in [0.5, 0.6) is 0 Å². The second-order valence-corrected chi connectivity index (χ2v) is 2.01. The fraction of sp³-hybridized carbons (Fsp3) is 0.375. The summed E-state index contributed by atoms with van der Waals surface area (Å²) in [6, 6.07) is 0. The van der Waals surface area contributed by atoms with E-state index < -0.39 is 0 Å². The van der Waals surface area contributed by atoms with Gasteiger partial charge in [-0.2, -0.15) is 0 Å². The van der Waals surface area contributed by atoms with Crippen LogP contribution >= 0.6 is 0 Å². The Bertz CT molecular complexity index is 170. The summed E-state index contributed by atoms with van der Waals surface area (Å²) in [7, 11) is 0. The molecule has 0 bridgehead atoms. The normalized spacial score (nSPS) is 10.7. The molecule has 0 radical (unpaired) electrons. The van der Waals surface area contributed by atoms with Crippen LogP contribution in [0.1, 0.15) is 19.3 Å². The number of unbranched alkanes of at least 4 members (excludes halogenated alkanes) is 1.